The molecule has 0 spiro atoms. The molecule has 1 heterocycles. The summed E-state index contributed by atoms with van der Waals surface area (Å²) in [6, 6.07) is 10.9. The van der Waals surface area contributed by atoms with Gasteiger partial charge in [0.25, 0.3) is 0 Å². The van der Waals surface area contributed by atoms with Gasteiger partial charge in [0.2, 0.25) is 0 Å². The average molecular weight is 262 g/mol. The van der Waals surface area contributed by atoms with Crippen LogP contribution in [0.15, 0.2) is 39.8 Å². The van der Waals surface area contributed by atoms with E-state index in [9.17, 15) is 0 Å². The lowest BCUT2D eigenvalue weighted by molar-refractivity contribution is 0.393. The number of aryl methyl sites for hydroxylation is 1. The Morgan fingerprint density at radius 3 is 2.89 bits per heavy atom. The summed E-state index contributed by atoms with van der Waals surface area (Å²) in [4.78, 5) is 1.26. The van der Waals surface area contributed by atoms with Gasteiger partial charge >= 0.3 is 0 Å². The maximum absolute atomic E-state index is 5.06. The fraction of sp³-hybridized carbons (Fsp3) is 0.357. The van der Waals surface area contributed by atoms with E-state index < -0.39 is 0 Å². The first-order chi connectivity index (χ1) is 8.69. The highest BCUT2D eigenvalue weighted by atomic mass is 32.2. The van der Waals surface area contributed by atoms with Crippen molar-refractivity contribution in [3.8, 4) is 0 Å². The molecular weight excluding hydrogens is 244 g/mol. The number of nitrogens with one attached hydrogen (secondary N) is 1. The summed E-state index contributed by atoms with van der Waals surface area (Å²) < 4.78 is 5.06. The highest BCUT2D eigenvalue weighted by Crippen LogP contribution is 2.25. The molecule has 3 nitrogen and oxygen atoms in total. The number of hydrogen-bond donors (Lipinski definition) is 1. The van der Waals surface area contributed by atoms with E-state index in [1.807, 2.05) is 20.0 Å². The van der Waals surface area contributed by atoms with E-state index in [1.165, 1.54) is 10.5 Å². The molecular formula is C14H18N2OS. The minimum atomic E-state index is 0.375. The minimum Gasteiger partial charge on any atom is -0.361 e. The van der Waals surface area contributed by atoms with E-state index in [2.05, 4.69) is 41.7 Å². The highest BCUT2D eigenvalue weighted by molar-refractivity contribution is 7.98. The summed E-state index contributed by atoms with van der Waals surface area (Å²) in [6.07, 6.45) is 0. The Labute approximate surface area is 112 Å². The van der Waals surface area contributed by atoms with Crippen molar-refractivity contribution >= 4 is 11.8 Å². The number of rotatable bonds is 5. The summed E-state index contributed by atoms with van der Waals surface area (Å²) in [5.74, 6) is 1.71. The highest BCUT2D eigenvalue weighted by Gasteiger charge is 2.05. The van der Waals surface area contributed by atoms with Crippen molar-refractivity contribution in [2.24, 2.45) is 0 Å². The largest absolute Gasteiger partial charge is 0.361 e. The molecule has 0 fully saturated rings. The lowest BCUT2D eigenvalue weighted by Gasteiger charge is -2.11. The Morgan fingerprint density at radius 2 is 2.22 bits per heavy atom. The van der Waals surface area contributed by atoms with Crippen LogP contribution in [0.1, 0.15) is 30.0 Å². The fourth-order valence-corrected chi connectivity index (χ4v) is 2.53. The fourth-order valence-electron chi connectivity index (χ4n) is 1.68. The standard InChI is InChI=1S/C14H18N2OS/c1-10-7-13(16-17-10)9-18-14-6-4-5-12(8-14)11(2)15-3/h4-8,11,15H,9H2,1-3H3. The monoisotopic (exact) mass is 262 g/mol. The smallest absolute Gasteiger partial charge is 0.133 e. The lowest BCUT2D eigenvalue weighted by atomic mass is 10.1. The number of aromatic nitrogens is 1. The normalized spacial score (nSPS) is 12.6. The van der Waals surface area contributed by atoms with E-state index in [1.54, 1.807) is 11.8 Å². The topological polar surface area (TPSA) is 38.1 Å². The van der Waals surface area contributed by atoms with Gasteiger partial charge < -0.3 is 9.84 Å². The van der Waals surface area contributed by atoms with Gasteiger partial charge in [0.05, 0.1) is 5.69 Å². The van der Waals surface area contributed by atoms with Crippen LogP contribution >= 0.6 is 11.8 Å². The molecule has 0 saturated carbocycles. The van der Waals surface area contributed by atoms with E-state index in [4.69, 9.17) is 4.52 Å². The van der Waals surface area contributed by atoms with Crippen LogP contribution in [0.5, 0.6) is 0 Å². The Bertz CT molecular complexity index is 510. The van der Waals surface area contributed by atoms with Crippen LogP contribution < -0.4 is 5.32 Å². The van der Waals surface area contributed by atoms with Crippen molar-refractivity contribution in [3.05, 3.63) is 47.3 Å². The molecule has 0 amide bonds. The third-order valence-corrected chi connectivity index (χ3v) is 3.88. The van der Waals surface area contributed by atoms with Gasteiger partial charge in [0, 0.05) is 22.8 Å². The third-order valence-electron chi connectivity index (χ3n) is 2.85. The Hall–Kier alpha value is -1.26. The van der Waals surface area contributed by atoms with Gasteiger partial charge in [-0.1, -0.05) is 17.3 Å². The van der Waals surface area contributed by atoms with Crippen LogP contribution in [0.25, 0.3) is 0 Å². The molecule has 1 unspecified atom stereocenters. The van der Waals surface area contributed by atoms with Crippen molar-refractivity contribution in [1.29, 1.82) is 0 Å². The maximum Gasteiger partial charge on any atom is 0.133 e. The molecule has 0 radical (unpaired) electrons. The zero-order valence-corrected chi connectivity index (χ0v) is 11.8. The molecule has 18 heavy (non-hydrogen) atoms. The molecule has 1 atom stereocenters. The Morgan fingerprint density at radius 1 is 1.39 bits per heavy atom. The SMILES string of the molecule is CNC(C)c1cccc(SCc2cc(C)on2)c1. The quantitative estimate of drug-likeness (QED) is 0.836. The molecule has 1 aromatic carbocycles. The second-order valence-electron chi connectivity index (χ2n) is 4.30. The molecule has 0 saturated heterocycles. The predicted molar refractivity (Wildman–Crippen MR) is 74.7 cm³/mol. The number of hydrogen-bond acceptors (Lipinski definition) is 4. The molecule has 0 aliphatic heterocycles. The molecule has 0 bridgehead atoms. The molecule has 2 aromatic rings. The second-order valence-corrected chi connectivity index (χ2v) is 5.35. The molecule has 1 N–H and O–H groups in total. The number of nitrogens with zero attached hydrogens (tertiary/aromatic N) is 1. The Balaban J connectivity index is 2.01. The van der Waals surface area contributed by atoms with Gasteiger partial charge in [-0.2, -0.15) is 0 Å². The van der Waals surface area contributed by atoms with E-state index in [0.29, 0.717) is 6.04 Å². The van der Waals surface area contributed by atoms with Crippen LogP contribution in [0.4, 0.5) is 0 Å². The Kier molecular flexibility index (Phi) is 4.44. The molecule has 4 heteroatoms. The van der Waals surface area contributed by atoms with Crippen LogP contribution in [0, 0.1) is 6.92 Å². The summed E-state index contributed by atoms with van der Waals surface area (Å²) >= 11 is 1.78. The van der Waals surface area contributed by atoms with Crippen molar-refractivity contribution in [1.82, 2.24) is 10.5 Å². The van der Waals surface area contributed by atoms with Gasteiger partial charge in [-0.25, -0.2) is 0 Å². The van der Waals surface area contributed by atoms with Gasteiger partial charge in [-0.3, -0.25) is 0 Å². The first-order valence-electron chi connectivity index (χ1n) is 6.01. The first-order valence-corrected chi connectivity index (χ1v) is 7.00. The lowest BCUT2D eigenvalue weighted by Crippen LogP contribution is -2.11. The van der Waals surface area contributed by atoms with Gasteiger partial charge in [-0.05, 0) is 38.6 Å². The van der Waals surface area contributed by atoms with Crippen LogP contribution in [-0.2, 0) is 5.75 Å². The first kappa shape index (κ1) is 13.2. The van der Waals surface area contributed by atoms with E-state index in [0.717, 1.165) is 17.2 Å². The summed E-state index contributed by atoms with van der Waals surface area (Å²) in [5, 5.41) is 7.25. The summed E-state index contributed by atoms with van der Waals surface area (Å²) in [5.41, 5.74) is 2.29. The number of thioether (sulfide) groups is 1. The summed E-state index contributed by atoms with van der Waals surface area (Å²) in [6.45, 7) is 4.07. The van der Waals surface area contributed by atoms with Gasteiger partial charge in [0.15, 0.2) is 0 Å². The average Bonchev–Trinajstić information content (AvgIpc) is 2.81. The van der Waals surface area contributed by atoms with Crippen molar-refractivity contribution in [2.75, 3.05) is 7.05 Å². The zero-order valence-electron chi connectivity index (χ0n) is 10.9. The molecule has 0 aliphatic carbocycles. The zero-order chi connectivity index (χ0) is 13.0. The third kappa shape index (κ3) is 3.37. The van der Waals surface area contributed by atoms with Crippen molar-refractivity contribution < 1.29 is 4.52 Å². The van der Waals surface area contributed by atoms with Crippen molar-refractivity contribution in [2.45, 2.75) is 30.5 Å². The minimum absolute atomic E-state index is 0.375. The summed E-state index contributed by atoms with van der Waals surface area (Å²) in [7, 11) is 1.97. The molecule has 2 rings (SSSR count). The van der Waals surface area contributed by atoms with Crippen LogP contribution in [0.2, 0.25) is 0 Å². The van der Waals surface area contributed by atoms with Crippen molar-refractivity contribution in [3.63, 3.8) is 0 Å². The van der Waals surface area contributed by atoms with E-state index in [-0.39, 0.29) is 0 Å². The van der Waals surface area contributed by atoms with Gasteiger partial charge in [0.1, 0.15) is 5.76 Å². The van der Waals surface area contributed by atoms with Crippen LogP contribution in [-0.4, -0.2) is 12.2 Å². The molecule has 96 valence electrons. The van der Waals surface area contributed by atoms with Gasteiger partial charge in [-0.15, -0.1) is 11.8 Å². The predicted octanol–water partition coefficient (Wildman–Crippen LogP) is 3.56. The van der Waals surface area contributed by atoms with Crippen LogP contribution in [0.3, 0.4) is 0 Å². The number of benzene rings is 1. The molecule has 0 aliphatic rings. The van der Waals surface area contributed by atoms with E-state index >= 15 is 0 Å². The molecule has 1 aromatic heterocycles. The maximum atomic E-state index is 5.06. The second kappa shape index (κ2) is 6.07.